The van der Waals surface area contributed by atoms with E-state index in [1.165, 1.54) is 31.2 Å². The van der Waals surface area contributed by atoms with Gasteiger partial charge < -0.3 is 9.84 Å². The van der Waals surface area contributed by atoms with Crippen molar-refractivity contribution in [1.82, 2.24) is 0 Å². The number of aliphatic hydroxyl groups excluding tert-OH is 1. The van der Waals surface area contributed by atoms with E-state index < -0.39 is 10.1 Å². The lowest BCUT2D eigenvalue weighted by atomic mass is 10.1. The van der Waals surface area contributed by atoms with E-state index in [0.717, 1.165) is 32.5 Å². The van der Waals surface area contributed by atoms with Crippen LogP contribution in [-0.2, 0) is 21.3 Å². The molecular weight excluding hydrogens is 316 g/mol. The quantitative estimate of drug-likeness (QED) is 0.475. The van der Waals surface area contributed by atoms with Gasteiger partial charge in [-0.05, 0) is 37.7 Å². The molecule has 0 fully saturated rings. The largest absolute Gasteiger partial charge is 0.396 e. The molecule has 23 heavy (non-hydrogen) atoms. The predicted molar refractivity (Wildman–Crippen MR) is 93.2 cm³/mol. The molecule has 0 amide bonds. The number of unbranched alkanes of at least 4 members (excludes halogenated alkanes) is 4. The summed E-state index contributed by atoms with van der Waals surface area (Å²) in [6.45, 7) is 1.95. The highest BCUT2D eigenvalue weighted by Gasteiger charge is 1.94. The lowest BCUT2D eigenvalue weighted by Crippen LogP contribution is -1.98. The maximum Gasteiger partial charge on any atom is 0.261 e. The van der Waals surface area contributed by atoms with Crippen molar-refractivity contribution in [3.63, 3.8) is 0 Å². The molecule has 0 aliphatic heterocycles. The van der Waals surface area contributed by atoms with Crippen molar-refractivity contribution in [3.05, 3.63) is 35.9 Å². The highest BCUT2D eigenvalue weighted by Crippen LogP contribution is 2.07. The molecule has 0 bridgehead atoms. The molecule has 134 valence electrons. The van der Waals surface area contributed by atoms with Crippen LogP contribution in [0, 0.1) is 0 Å². The van der Waals surface area contributed by atoms with Crippen LogP contribution in [0.2, 0.25) is 0 Å². The van der Waals surface area contributed by atoms with Crippen LogP contribution in [-0.4, -0.2) is 44.2 Å². The van der Waals surface area contributed by atoms with Gasteiger partial charge in [-0.3, -0.25) is 4.55 Å². The zero-order chi connectivity index (χ0) is 17.4. The Kier molecular flexibility index (Phi) is 14.0. The molecule has 0 aromatic heterocycles. The normalized spacial score (nSPS) is 10.9. The number of benzene rings is 1. The summed E-state index contributed by atoms with van der Waals surface area (Å²) in [6.07, 6.45) is 8.72. The maximum absolute atomic E-state index is 9.19. The van der Waals surface area contributed by atoms with Gasteiger partial charge in [-0.1, -0.05) is 43.2 Å². The first-order valence-corrected chi connectivity index (χ1v) is 9.93. The summed E-state index contributed by atoms with van der Waals surface area (Å²) in [4.78, 5) is 0. The molecule has 6 heteroatoms. The smallest absolute Gasteiger partial charge is 0.261 e. The molecule has 0 saturated carbocycles. The van der Waals surface area contributed by atoms with Crippen molar-refractivity contribution in [1.29, 1.82) is 0 Å². The van der Waals surface area contributed by atoms with Crippen LogP contribution in [0.15, 0.2) is 30.3 Å². The Labute approximate surface area is 140 Å². The van der Waals surface area contributed by atoms with Gasteiger partial charge in [0.15, 0.2) is 0 Å². The summed E-state index contributed by atoms with van der Waals surface area (Å²) in [5.74, 6) is 0. The topological polar surface area (TPSA) is 83.8 Å². The average molecular weight is 346 g/mol. The van der Waals surface area contributed by atoms with Gasteiger partial charge in [0.1, 0.15) is 0 Å². The van der Waals surface area contributed by atoms with E-state index in [1.54, 1.807) is 0 Å². The summed E-state index contributed by atoms with van der Waals surface area (Å²) < 4.78 is 31.4. The monoisotopic (exact) mass is 346 g/mol. The fourth-order valence-electron chi connectivity index (χ4n) is 1.95. The molecule has 0 spiro atoms. The van der Waals surface area contributed by atoms with Gasteiger partial charge in [-0.2, -0.15) is 8.42 Å². The highest BCUT2D eigenvalue weighted by atomic mass is 32.2. The van der Waals surface area contributed by atoms with Crippen LogP contribution in [0.5, 0.6) is 0 Å². The SMILES string of the molecule is CS(=O)(=O)O.OCCCCOCCCCCCc1ccccc1. The van der Waals surface area contributed by atoms with Gasteiger partial charge in [-0.25, -0.2) is 0 Å². The Bertz CT molecular complexity index is 451. The summed E-state index contributed by atoms with van der Waals surface area (Å²) in [7, 11) is -3.67. The van der Waals surface area contributed by atoms with Gasteiger partial charge in [0.2, 0.25) is 0 Å². The minimum atomic E-state index is -3.67. The molecule has 0 radical (unpaired) electrons. The van der Waals surface area contributed by atoms with Gasteiger partial charge in [0.05, 0.1) is 6.26 Å². The Morgan fingerprint density at radius 2 is 1.43 bits per heavy atom. The van der Waals surface area contributed by atoms with Gasteiger partial charge >= 0.3 is 0 Å². The third-order valence-electron chi connectivity index (χ3n) is 3.04. The van der Waals surface area contributed by atoms with Crippen molar-refractivity contribution < 1.29 is 22.8 Å². The number of aryl methyl sites for hydroxylation is 1. The summed E-state index contributed by atoms with van der Waals surface area (Å²) in [6, 6.07) is 10.7. The van der Waals surface area contributed by atoms with Crippen LogP contribution < -0.4 is 0 Å². The molecule has 5 nitrogen and oxygen atoms in total. The molecule has 0 saturated heterocycles. The van der Waals surface area contributed by atoms with Crippen LogP contribution in [0.4, 0.5) is 0 Å². The second-order valence-corrected chi connectivity index (χ2v) is 6.89. The highest BCUT2D eigenvalue weighted by molar-refractivity contribution is 7.85. The molecule has 0 unspecified atom stereocenters. The van der Waals surface area contributed by atoms with Gasteiger partial charge in [0.25, 0.3) is 10.1 Å². The summed E-state index contributed by atoms with van der Waals surface area (Å²) >= 11 is 0. The molecule has 0 heterocycles. The maximum atomic E-state index is 9.19. The minimum absolute atomic E-state index is 0.281. The number of hydrogen-bond donors (Lipinski definition) is 2. The Morgan fingerprint density at radius 3 is 2.00 bits per heavy atom. The molecule has 1 aromatic rings. The lowest BCUT2D eigenvalue weighted by Gasteiger charge is -2.04. The predicted octanol–water partition coefficient (Wildman–Crippen LogP) is 3.08. The van der Waals surface area contributed by atoms with E-state index in [4.69, 9.17) is 14.4 Å². The minimum Gasteiger partial charge on any atom is -0.396 e. The number of rotatable bonds is 11. The van der Waals surface area contributed by atoms with Crippen LogP contribution in [0.1, 0.15) is 44.1 Å². The van der Waals surface area contributed by atoms with E-state index in [0.29, 0.717) is 6.26 Å². The first kappa shape index (κ1) is 22.1. The number of aliphatic hydroxyl groups is 1. The molecular formula is C17H30O5S. The zero-order valence-corrected chi connectivity index (χ0v) is 14.8. The van der Waals surface area contributed by atoms with E-state index in [9.17, 15) is 8.42 Å². The van der Waals surface area contributed by atoms with Crippen molar-refractivity contribution in [2.45, 2.75) is 44.9 Å². The summed E-state index contributed by atoms with van der Waals surface area (Å²) in [5.41, 5.74) is 1.44. The van der Waals surface area contributed by atoms with E-state index in [2.05, 4.69) is 30.3 Å². The Hall–Kier alpha value is -0.950. The lowest BCUT2D eigenvalue weighted by molar-refractivity contribution is 0.121. The van der Waals surface area contributed by atoms with E-state index in [1.807, 2.05) is 0 Å². The molecule has 1 rings (SSSR count). The second-order valence-electron chi connectivity index (χ2n) is 5.43. The van der Waals surface area contributed by atoms with Crippen molar-refractivity contribution in [2.24, 2.45) is 0 Å². The number of hydrogen-bond acceptors (Lipinski definition) is 4. The fraction of sp³-hybridized carbons (Fsp3) is 0.647. The average Bonchev–Trinajstić information content (AvgIpc) is 2.48. The second kappa shape index (κ2) is 14.6. The molecule has 1 aromatic carbocycles. The van der Waals surface area contributed by atoms with Crippen LogP contribution >= 0.6 is 0 Å². The van der Waals surface area contributed by atoms with Crippen molar-refractivity contribution in [3.8, 4) is 0 Å². The van der Waals surface area contributed by atoms with Gasteiger partial charge in [-0.15, -0.1) is 0 Å². The Balaban J connectivity index is 0.000000841. The first-order chi connectivity index (χ1) is 10.9. The summed E-state index contributed by atoms with van der Waals surface area (Å²) in [5, 5.41) is 8.60. The molecule has 0 aliphatic rings. The van der Waals surface area contributed by atoms with E-state index in [-0.39, 0.29) is 6.61 Å². The van der Waals surface area contributed by atoms with Crippen LogP contribution in [0.3, 0.4) is 0 Å². The first-order valence-electron chi connectivity index (χ1n) is 8.08. The zero-order valence-electron chi connectivity index (χ0n) is 14.0. The third-order valence-corrected chi connectivity index (χ3v) is 3.04. The van der Waals surface area contributed by atoms with Crippen molar-refractivity contribution in [2.75, 3.05) is 26.1 Å². The molecule has 2 N–H and O–H groups in total. The molecule has 0 atom stereocenters. The standard InChI is InChI=1S/C16H26O2.CH4O3S/c17-13-7-9-15-18-14-8-2-1-4-10-16-11-5-3-6-12-16;1-5(2,3)4/h3,5-6,11-12,17H,1-2,4,7-10,13-15H2;1H3,(H,2,3,4). The van der Waals surface area contributed by atoms with Gasteiger partial charge in [0, 0.05) is 19.8 Å². The fourth-order valence-corrected chi connectivity index (χ4v) is 1.95. The van der Waals surface area contributed by atoms with Crippen molar-refractivity contribution >= 4 is 10.1 Å². The van der Waals surface area contributed by atoms with Crippen LogP contribution in [0.25, 0.3) is 0 Å². The third kappa shape index (κ3) is 21.1. The molecule has 0 aliphatic carbocycles. The Morgan fingerprint density at radius 1 is 0.913 bits per heavy atom. The number of ether oxygens (including phenoxy) is 1. The van der Waals surface area contributed by atoms with E-state index >= 15 is 0 Å².